The van der Waals surface area contributed by atoms with Gasteiger partial charge < -0.3 is 9.72 Å². The second-order valence-corrected chi connectivity index (χ2v) is 6.18. The summed E-state index contributed by atoms with van der Waals surface area (Å²) in [5.41, 5.74) is 1.53. The number of benzene rings is 2. The molecule has 1 aliphatic heterocycles. The van der Waals surface area contributed by atoms with Crippen LogP contribution in [-0.2, 0) is 11.3 Å². The molecule has 1 fully saturated rings. The Morgan fingerprint density at radius 3 is 2.84 bits per heavy atom. The molecule has 1 N–H and O–H groups in total. The van der Waals surface area contributed by atoms with Crippen LogP contribution in [0, 0.1) is 5.82 Å². The molecule has 25 heavy (non-hydrogen) atoms. The van der Waals surface area contributed by atoms with Crippen molar-refractivity contribution >= 4 is 10.9 Å². The molecule has 1 saturated heterocycles. The first-order chi connectivity index (χ1) is 12.2. The molecule has 1 atom stereocenters. The fourth-order valence-electron chi connectivity index (χ4n) is 3.15. The van der Waals surface area contributed by atoms with Crippen LogP contribution in [0.5, 0.6) is 0 Å². The van der Waals surface area contributed by atoms with Crippen LogP contribution in [-0.4, -0.2) is 34.6 Å². The number of rotatable bonds is 3. The average Bonchev–Trinajstić information content (AvgIpc) is 2.63. The smallest absolute Gasteiger partial charge is 0.258 e. The van der Waals surface area contributed by atoms with Crippen LogP contribution in [0.3, 0.4) is 0 Å². The molecule has 0 saturated carbocycles. The van der Waals surface area contributed by atoms with Crippen molar-refractivity contribution in [3.8, 4) is 0 Å². The van der Waals surface area contributed by atoms with Gasteiger partial charge in [-0.1, -0.05) is 24.3 Å². The van der Waals surface area contributed by atoms with Gasteiger partial charge in [-0.25, -0.2) is 9.37 Å². The lowest BCUT2D eigenvalue weighted by Crippen LogP contribution is -2.38. The minimum absolute atomic E-state index is 0.110. The Labute approximate surface area is 144 Å². The van der Waals surface area contributed by atoms with Crippen molar-refractivity contribution in [1.82, 2.24) is 14.9 Å². The van der Waals surface area contributed by atoms with Gasteiger partial charge in [0.15, 0.2) is 0 Å². The first-order valence-electron chi connectivity index (χ1n) is 8.26. The Kier molecular flexibility index (Phi) is 4.29. The Balaban J connectivity index is 1.52. The monoisotopic (exact) mass is 339 g/mol. The van der Waals surface area contributed by atoms with E-state index in [1.807, 2.05) is 18.2 Å². The molecule has 0 spiro atoms. The van der Waals surface area contributed by atoms with Gasteiger partial charge in [0, 0.05) is 13.1 Å². The number of fused-ring (bicyclic) bond motifs is 1. The minimum Gasteiger partial charge on any atom is -0.371 e. The van der Waals surface area contributed by atoms with Crippen molar-refractivity contribution in [1.29, 1.82) is 0 Å². The minimum atomic E-state index is -0.255. The molecule has 128 valence electrons. The summed E-state index contributed by atoms with van der Waals surface area (Å²) in [6.45, 7) is 2.55. The fraction of sp³-hybridized carbons (Fsp3) is 0.263. The summed E-state index contributed by atoms with van der Waals surface area (Å²) in [6, 6.07) is 13.7. The maximum Gasteiger partial charge on any atom is 0.258 e. The predicted octanol–water partition coefficient (Wildman–Crippen LogP) is 2.64. The van der Waals surface area contributed by atoms with E-state index in [2.05, 4.69) is 14.9 Å². The largest absolute Gasteiger partial charge is 0.371 e. The zero-order valence-corrected chi connectivity index (χ0v) is 13.6. The predicted molar refractivity (Wildman–Crippen MR) is 92.7 cm³/mol. The zero-order chi connectivity index (χ0) is 17.2. The van der Waals surface area contributed by atoms with Gasteiger partial charge in [0.25, 0.3) is 5.56 Å². The fourth-order valence-corrected chi connectivity index (χ4v) is 3.15. The van der Waals surface area contributed by atoms with Crippen LogP contribution in [0.2, 0.25) is 0 Å². The number of halogens is 1. The molecule has 1 aliphatic rings. The standard InChI is InChI=1S/C19H18FN3O2/c20-14-7-5-13(6-8-14)17-11-23(9-10-25-17)12-18-21-16-4-2-1-3-15(16)19(24)22-18/h1-8,17H,9-12H2,(H,21,22,24). The molecule has 4 rings (SSSR count). The van der Waals surface area contributed by atoms with Crippen LogP contribution in [0.25, 0.3) is 10.9 Å². The van der Waals surface area contributed by atoms with E-state index < -0.39 is 0 Å². The van der Waals surface area contributed by atoms with Gasteiger partial charge >= 0.3 is 0 Å². The summed E-state index contributed by atoms with van der Waals surface area (Å²) in [5, 5.41) is 0.595. The van der Waals surface area contributed by atoms with E-state index in [0.29, 0.717) is 36.4 Å². The summed E-state index contributed by atoms with van der Waals surface area (Å²) in [7, 11) is 0. The van der Waals surface area contributed by atoms with E-state index in [1.165, 1.54) is 12.1 Å². The highest BCUT2D eigenvalue weighted by Crippen LogP contribution is 2.23. The van der Waals surface area contributed by atoms with Crippen LogP contribution in [0.1, 0.15) is 17.5 Å². The number of nitrogens with one attached hydrogen (secondary N) is 1. The van der Waals surface area contributed by atoms with Crippen molar-refractivity contribution in [2.75, 3.05) is 19.7 Å². The molecule has 5 nitrogen and oxygen atoms in total. The van der Waals surface area contributed by atoms with E-state index in [9.17, 15) is 9.18 Å². The highest BCUT2D eigenvalue weighted by Gasteiger charge is 2.22. The van der Waals surface area contributed by atoms with E-state index in [1.54, 1.807) is 18.2 Å². The summed E-state index contributed by atoms with van der Waals surface area (Å²) in [4.78, 5) is 21.8. The van der Waals surface area contributed by atoms with Gasteiger partial charge in [0.05, 0.1) is 30.2 Å². The number of morpholine rings is 1. The van der Waals surface area contributed by atoms with Gasteiger partial charge in [-0.15, -0.1) is 0 Å². The van der Waals surface area contributed by atoms with Gasteiger partial charge in [-0.3, -0.25) is 9.69 Å². The highest BCUT2D eigenvalue weighted by atomic mass is 19.1. The van der Waals surface area contributed by atoms with Crippen molar-refractivity contribution in [2.24, 2.45) is 0 Å². The number of hydrogen-bond donors (Lipinski definition) is 1. The Morgan fingerprint density at radius 2 is 2.00 bits per heavy atom. The highest BCUT2D eigenvalue weighted by molar-refractivity contribution is 5.77. The topological polar surface area (TPSA) is 58.2 Å². The van der Waals surface area contributed by atoms with Gasteiger partial charge in [0.1, 0.15) is 11.6 Å². The zero-order valence-electron chi connectivity index (χ0n) is 13.6. The van der Waals surface area contributed by atoms with Crippen LogP contribution in [0.15, 0.2) is 53.3 Å². The molecule has 6 heteroatoms. The summed E-state index contributed by atoms with van der Waals surface area (Å²) in [6.07, 6.45) is -0.110. The molecule has 1 unspecified atom stereocenters. The van der Waals surface area contributed by atoms with Gasteiger partial charge in [0.2, 0.25) is 0 Å². The number of aromatic nitrogens is 2. The number of ether oxygens (including phenoxy) is 1. The Hall–Kier alpha value is -2.57. The Morgan fingerprint density at radius 1 is 1.20 bits per heavy atom. The summed E-state index contributed by atoms with van der Waals surface area (Å²) >= 11 is 0. The van der Waals surface area contributed by atoms with Crippen molar-refractivity contribution < 1.29 is 9.13 Å². The molecule has 3 aromatic rings. The lowest BCUT2D eigenvalue weighted by atomic mass is 10.1. The van der Waals surface area contributed by atoms with E-state index in [4.69, 9.17) is 4.74 Å². The number of aromatic amines is 1. The second kappa shape index (κ2) is 6.74. The molecule has 2 heterocycles. The summed E-state index contributed by atoms with van der Waals surface area (Å²) in [5.74, 6) is 0.387. The molecule has 2 aromatic carbocycles. The molecule has 0 aliphatic carbocycles. The Bertz CT molecular complexity index is 939. The van der Waals surface area contributed by atoms with Crippen LogP contribution in [0.4, 0.5) is 4.39 Å². The van der Waals surface area contributed by atoms with Gasteiger partial charge in [-0.2, -0.15) is 0 Å². The average molecular weight is 339 g/mol. The van der Waals surface area contributed by atoms with E-state index in [0.717, 1.165) is 12.1 Å². The third-order valence-electron chi connectivity index (χ3n) is 4.43. The first kappa shape index (κ1) is 15.9. The lowest BCUT2D eigenvalue weighted by Gasteiger charge is -2.32. The van der Waals surface area contributed by atoms with Crippen molar-refractivity contribution in [2.45, 2.75) is 12.6 Å². The molecule has 0 radical (unpaired) electrons. The van der Waals surface area contributed by atoms with Crippen molar-refractivity contribution in [3.63, 3.8) is 0 Å². The van der Waals surface area contributed by atoms with E-state index >= 15 is 0 Å². The maximum atomic E-state index is 13.1. The van der Waals surface area contributed by atoms with Gasteiger partial charge in [-0.05, 0) is 29.8 Å². The number of para-hydroxylation sites is 1. The lowest BCUT2D eigenvalue weighted by molar-refractivity contribution is -0.0336. The molecule has 0 amide bonds. The quantitative estimate of drug-likeness (QED) is 0.797. The van der Waals surface area contributed by atoms with Crippen molar-refractivity contribution in [3.05, 3.63) is 76.1 Å². The molecule has 1 aromatic heterocycles. The summed E-state index contributed by atoms with van der Waals surface area (Å²) < 4.78 is 18.9. The van der Waals surface area contributed by atoms with Crippen LogP contribution >= 0.6 is 0 Å². The molecular formula is C19H18FN3O2. The normalized spacial score (nSPS) is 18.5. The molecular weight excluding hydrogens is 321 g/mol. The third-order valence-corrected chi connectivity index (χ3v) is 4.43. The SMILES string of the molecule is O=c1[nH]c(CN2CCOC(c3ccc(F)cc3)C2)nc2ccccc12. The number of H-pyrrole nitrogens is 1. The van der Waals surface area contributed by atoms with E-state index in [-0.39, 0.29) is 17.5 Å². The second-order valence-electron chi connectivity index (χ2n) is 6.18. The maximum absolute atomic E-state index is 13.1. The van der Waals surface area contributed by atoms with Crippen LogP contribution < -0.4 is 5.56 Å². The first-order valence-corrected chi connectivity index (χ1v) is 8.26. The number of hydrogen-bond acceptors (Lipinski definition) is 4. The third kappa shape index (κ3) is 3.45. The number of nitrogens with zero attached hydrogens (tertiary/aromatic N) is 2. The molecule has 0 bridgehead atoms.